The monoisotopic (exact) mass is 317 g/mol. The smallest absolute Gasteiger partial charge is 0.125 e. The van der Waals surface area contributed by atoms with Crippen LogP contribution in [-0.2, 0) is 11.2 Å². The zero-order valence-corrected chi connectivity index (χ0v) is 14.0. The number of likely N-dealkylation sites (tertiary alicyclic amines) is 1. The largest absolute Gasteiger partial charge is 0.486 e. The van der Waals surface area contributed by atoms with E-state index in [1.807, 2.05) is 0 Å². The molecule has 4 rings (SSSR count). The number of piperidine rings is 1. The number of nitrogens with zero attached hydrogens (tertiary/aromatic N) is 2. The van der Waals surface area contributed by atoms with Crippen molar-refractivity contribution in [1.82, 2.24) is 4.90 Å². The highest BCUT2D eigenvalue weighted by molar-refractivity contribution is 5.72. The van der Waals surface area contributed by atoms with Crippen molar-refractivity contribution in [3.05, 3.63) is 17.7 Å². The third-order valence-electron chi connectivity index (χ3n) is 5.62. The van der Waals surface area contributed by atoms with Crippen molar-refractivity contribution in [2.75, 3.05) is 56.6 Å². The van der Waals surface area contributed by atoms with E-state index in [9.17, 15) is 0 Å². The van der Waals surface area contributed by atoms with E-state index in [2.05, 4.69) is 28.9 Å². The van der Waals surface area contributed by atoms with Crippen LogP contribution in [0.3, 0.4) is 0 Å². The zero-order chi connectivity index (χ0) is 15.9. The molecule has 0 aromatic heterocycles. The summed E-state index contributed by atoms with van der Waals surface area (Å²) in [5, 5.41) is 0. The van der Waals surface area contributed by atoms with Gasteiger partial charge >= 0.3 is 0 Å². The lowest BCUT2D eigenvalue weighted by atomic mass is 9.87. The Hall–Kier alpha value is -1.46. The first kappa shape index (κ1) is 15.1. The first-order valence-corrected chi connectivity index (χ1v) is 8.86. The molecular weight excluding hydrogens is 290 g/mol. The minimum Gasteiger partial charge on any atom is -0.486 e. The van der Waals surface area contributed by atoms with Crippen LogP contribution in [0, 0.1) is 0 Å². The van der Waals surface area contributed by atoms with Crippen LogP contribution >= 0.6 is 0 Å². The van der Waals surface area contributed by atoms with Gasteiger partial charge in [0.15, 0.2) is 0 Å². The second kappa shape index (κ2) is 5.87. The predicted octanol–water partition coefficient (Wildman–Crippen LogP) is 1.89. The number of anilines is 2. The van der Waals surface area contributed by atoms with Gasteiger partial charge in [0.05, 0.1) is 24.6 Å². The lowest BCUT2D eigenvalue weighted by Crippen LogP contribution is -2.47. The Morgan fingerprint density at radius 1 is 1.13 bits per heavy atom. The van der Waals surface area contributed by atoms with Gasteiger partial charge in [-0.05, 0) is 12.6 Å². The summed E-state index contributed by atoms with van der Waals surface area (Å²) in [6, 6.07) is 4.30. The van der Waals surface area contributed by atoms with Gasteiger partial charge in [-0.1, -0.05) is 6.92 Å². The number of morpholine rings is 1. The van der Waals surface area contributed by atoms with Gasteiger partial charge in [0.1, 0.15) is 11.4 Å². The lowest BCUT2D eigenvalue weighted by Gasteiger charge is -2.38. The van der Waals surface area contributed by atoms with E-state index < -0.39 is 0 Å². The van der Waals surface area contributed by atoms with E-state index >= 15 is 0 Å². The van der Waals surface area contributed by atoms with Gasteiger partial charge in [-0.2, -0.15) is 0 Å². The number of benzene rings is 1. The molecule has 3 aliphatic rings. The fraction of sp³-hybridized carbons (Fsp3) is 0.667. The number of hydrogen-bond acceptors (Lipinski definition) is 5. The third-order valence-corrected chi connectivity index (χ3v) is 5.62. The molecule has 0 aliphatic carbocycles. The molecule has 23 heavy (non-hydrogen) atoms. The van der Waals surface area contributed by atoms with Crippen LogP contribution in [-0.4, -0.2) is 56.4 Å². The standard InChI is InChI=1S/C18H27N3O2/c1-2-20-5-3-18(4-6-20)13-14-11-15(19)16(12-17(14)23-18)21-7-9-22-10-8-21/h11-12H,2-10,13,19H2,1H3. The Bertz CT molecular complexity index is 576. The van der Waals surface area contributed by atoms with Gasteiger partial charge < -0.3 is 25.0 Å². The molecule has 0 amide bonds. The SMILES string of the molecule is CCN1CCC2(CC1)Cc1cc(N)c(N3CCOCC3)cc1O2. The molecular formula is C18H27N3O2. The maximum Gasteiger partial charge on any atom is 0.125 e. The summed E-state index contributed by atoms with van der Waals surface area (Å²) in [5.74, 6) is 1.05. The van der Waals surface area contributed by atoms with E-state index in [1.54, 1.807) is 0 Å². The Balaban J connectivity index is 1.55. The van der Waals surface area contributed by atoms with Gasteiger partial charge in [-0.15, -0.1) is 0 Å². The van der Waals surface area contributed by atoms with Gasteiger partial charge in [-0.3, -0.25) is 0 Å². The normalized spacial score (nSPS) is 23.8. The molecule has 0 bridgehead atoms. The van der Waals surface area contributed by atoms with Crippen molar-refractivity contribution in [2.45, 2.75) is 31.8 Å². The van der Waals surface area contributed by atoms with E-state index in [-0.39, 0.29) is 5.60 Å². The van der Waals surface area contributed by atoms with E-state index in [1.165, 1.54) is 5.56 Å². The molecule has 1 aromatic rings. The van der Waals surface area contributed by atoms with Crippen molar-refractivity contribution >= 4 is 11.4 Å². The molecule has 3 heterocycles. The van der Waals surface area contributed by atoms with Crippen molar-refractivity contribution in [3.8, 4) is 5.75 Å². The Morgan fingerprint density at radius 3 is 2.57 bits per heavy atom. The highest BCUT2D eigenvalue weighted by Crippen LogP contribution is 2.44. The molecule has 2 fully saturated rings. The van der Waals surface area contributed by atoms with Crippen LogP contribution in [0.5, 0.6) is 5.75 Å². The van der Waals surface area contributed by atoms with Crippen molar-refractivity contribution in [3.63, 3.8) is 0 Å². The summed E-state index contributed by atoms with van der Waals surface area (Å²) < 4.78 is 11.9. The minimum atomic E-state index is 0.00404. The van der Waals surface area contributed by atoms with Crippen LogP contribution in [0.25, 0.3) is 0 Å². The fourth-order valence-electron chi connectivity index (χ4n) is 4.12. The molecule has 5 nitrogen and oxygen atoms in total. The summed E-state index contributed by atoms with van der Waals surface area (Å²) in [6.07, 6.45) is 3.23. The molecule has 0 atom stereocenters. The molecule has 0 unspecified atom stereocenters. The van der Waals surface area contributed by atoms with Crippen LogP contribution in [0.1, 0.15) is 25.3 Å². The lowest BCUT2D eigenvalue weighted by molar-refractivity contribution is 0.0211. The van der Waals surface area contributed by atoms with Gasteiger partial charge in [0.25, 0.3) is 0 Å². The molecule has 3 aliphatic heterocycles. The topological polar surface area (TPSA) is 51.0 Å². The molecule has 2 saturated heterocycles. The Morgan fingerprint density at radius 2 is 1.87 bits per heavy atom. The minimum absolute atomic E-state index is 0.00404. The number of nitrogen functional groups attached to an aromatic ring is 1. The van der Waals surface area contributed by atoms with Crippen LogP contribution in [0.2, 0.25) is 0 Å². The predicted molar refractivity (Wildman–Crippen MR) is 92.3 cm³/mol. The molecule has 1 aromatic carbocycles. The Labute approximate surface area is 138 Å². The van der Waals surface area contributed by atoms with Crippen LogP contribution in [0.4, 0.5) is 11.4 Å². The van der Waals surface area contributed by atoms with E-state index in [0.29, 0.717) is 0 Å². The second-order valence-electron chi connectivity index (χ2n) is 7.01. The molecule has 1 spiro atoms. The first-order valence-electron chi connectivity index (χ1n) is 8.86. The molecule has 0 saturated carbocycles. The van der Waals surface area contributed by atoms with Crippen molar-refractivity contribution in [2.24, 2.45) is 0 Å². The van der Waals surface area contributed by atoms with Gasteiger partial charge in [-0.25, -0.2) is 0 Å². The maximum absolute atomic E-state index is 6.47. The number of ether oxygens (including phenoxy) is 2. The summed E-state index contributed by atoms with van der Waals surface area (Å²) in [7, 11) is 0. The molecule has 126 valence electrons. The average molecular weight is 317 g/mol. The highest BCUT2D eigenvalue weighted by Gasteiger charge is 2.42. The molecule has 5 heteroatoms. The van der Waals surface area contributed by atoms with E-state index in [0.717, 1.165) is 82.3 Å². The summed E-state index contributed by atoms with van der Waals surface area (Å²) in [6.45, 7) is 8.99. The fourth-order valence-corrected chi connectivity index (χ4v) is 4.12. The third kappa shape index (κ3) is 2.76. The van der Waals surface area contributed by atoms with Crippen LogP contribution < -0.4 is 15.4 Å². The zero-order valence-electron chi connectivity index (χ0n) is 14.0. The van der Waals surface area contributed by atoms with Gasteiger partial charge in [0, 0.05) is 57.1 Å². The van der Waals surface area contributed by atoms with Crippen molar-refractivity contribution in [1.29, 1.82) is 0 Å². The number of rotatable bonds is 2. The summed E-state index contributed by atoms with van der Waals surface area (Å²) >= 11 is 0. The number of hydrogen-bond donors (Lipinski definition) is 1. The first-order chi connectivity index (χ1) is 11.2. The quantitative estimate of drug-likeness (QED) is 0.844. The number of fused-ring (bicyclic) bond motifs is 1. The van der Waals surface area contributed by atoms with E-state index in [4.69, 9.17) is 15.2 Å². The summed E-state index contributed by atoms with van der Waals surface area (Å²) in [4.78, 5) is 4.82. The molecule has 2 N–H and O–H groups in total. The second-order valence-corrected chi connectivity index (χ2v) is 7.01. The highest BCUT2D eigenvalue weighted by atomic mass is 16.5. The summed E-state index contributed by atoms with van der Waals surface area (Å²) in [5.41, 5.74) is 9.60. The molecule has 0 radical (unpaired) electrons. The Kier molecular flexibility index (Phi) is 3.85. The van der Waals surface area contributed by atoms with Gasteiger partial charge in [0.2, 0.25) is 0 Å². The number of nitrogens with two attached hydrogens (primary N) is 1. The maximum atomic E-state index is 6.47. The van der Waals surface area contributed by atoms with Crippen molar-refractivity contribution < 1.29 is 9.47 Å². The van der Waals surface area contributed by atoms with Crippen LogP contribution in [0.15, 0.2) is 12.1 Å². The average Bonchev–Trinajstić information content (AvgIpc) is 2.92.